The Hall–Kier alpha value is -1.02. The number of rotatable bonds is 4. The molecule has 1 heterocycles. The summed E-state index contributed by atoms with van der Waals surface area (Å²) >= 11 is 0. The molecule has 0 spiro atoms. The van der Waals surface area contributed by atoms with Crippen molar-refractivity contribution in [1.29, 1.82) is 0 Å². The zero-order valence-corrected chi connectivity index (χ0v) is 10.8. The molecule has 2 aliphatic rings. The largest absolute Gasteiger partial charge is 0.370 e. The number of nitrogens with one attached hydrogen (secondary N) is 1. The second kappa shape index (κ2) is 4.34. The van der Waals surface area contributed by atoms with Crippen molar-refractivity contribution in [2.75, 3.05) is 25.0 Å². The highest BCUT2D eigenvalue weighted by atomic mass is 15.2. The molecule has 17 heavy (non-hydrogen) atoms. The van der Waals surface area contributed by atoms with E-state index in [9.17, 15) is 0 Å². The molecule has 2 nitrogen and oxygen atoms in total. The van der Waals surface area contributed by atoms with Crippen LogP contribution in [-0.4, -0.2) is 26.2 Å². The first kappa shape index (κ1) is 11.1. The summed E-state index contributed by atoms with van der Waals surface area (Å²) in [6.45, 7) is 4.75. The first-order chi connectivity index (χ1) is 8.29. The molecule has 3 rings (SSSR count). The number of nitrogens with zero attached hydrogens (tertiary/aromatic N) is 1. The Morgan fingerprint density at radius 1 is 1.35 bits per heavy atom. The highest BCUT2D eigenvalue weighted by Crippen LogP contribution is 2.40. The van der Waals surface area contributed by atoms with Crippen LogP contribution in [0.25, 0.3) is 0 Å². The van der Waals surface area contributed by atoms with Gasteiger partial charge in [-0.05, 0) is 44.4 Å². The highest BCUT2D eigenvalue weighted by Gasteiger charge is 2.34. The van der Waals surface area contributed by atoms with E-state index < -0.39 is 0 Å². The van der Waals surface area contributed by atoms with Crippen LogP contribution in [0.5, 0.6) is 0 Å². The van der Waals surface area contributed by atoms with Gasteiger partial charge in [-0.3, -0.25) is 0 Å². The molecule has 92 valence electrons. The van der Waals surface area contributed by atoms with Crippen molar-refractivity contribution in [3.8, 4) is 0 Å². The zero-order chi connectivity index (χ0) is 11.8. The number of benzene rings is 1. The zero-order valence-electron chi connectivity index (χ0n) is 10.8. The van der Waals surface area contributed by atoms with Crippen LogP contribution in [0.15, 0.2) is 24.3 Å². The van der Waals surface area contributed by atoms with Gasteiger partial charge in [-0.1, -0.05) is 18.2 Å². The third-order valence-corrected chi connectivity index (χ3v) is 4.33. The van der Waals surface area contributed by atoms with Gasteiger partial charge < -0.3 is 10.2 Å². The molecular formula is C15H22N2. The lowest BCUT2D eigenvalue weighted by molar-refractivity contribution is 0.505. The molecule has 0 saturated heterocycles. The minimum Gasteiger partial charge on any atom is -0.370 e. The topological polar surface area (TPSA) is 15.3 Å². The summed E-state index contributed by atoms with van der Waals surface area (Å²) in [5.41, 5.74) is 3.02. The Morgan fingerprint density at radius 2 is 2.12 bits per heavy atom. The monoisotopic (exact) mass is 230 g/mol. The molecule has 1 fully saturated rings. The first-order valence-electron chi connectivity index (χ1n) is 6.80. The van der Waals surface area contributed by atoms with Gasteiger partial charge in [0.1, 0.15) is 0 Å². The van der Waals surface area contributed by atoms with Crippen LogP contribution >= 0.6 is 0 Å². The summed E-state index contributed by atoms with van der Waals surface area (Å²) in [4.78, 5) is 2.60. The quantitative estimate of drug-likeness (QED) is 0.855. The van der Waals surface area contributed by atoms with Gasteiger partial charge >= 0.3 is 0 Å². The molecule has 1 aliphatic heterocycles. The van der Waals surface area contributed by atoms with E-state index in [0.29, 0.717) is 12.0 Å². The van der Waals surface area contributed by atoms with Crippen LogP contribution in [0.1, 0.15) is 31.2 Å². The number of hydrogen-bond acceptors (Lipinski definition) is 2. The third kappa shape index (κ3) is 2.06. The van der Waals surface area contributed by atoms with Crippen LogP contribution in [-0.2, 0) is 0 Å². The lowest BCUT2D eigenvalue weighted by Crippen LogP contribution is -2.33. The Morgan fingerprint density at radius 3 is 2.82 bits per heavy atom. The van der Waals surface area contributed by atoms with E-state index in [1.54, 1.807) is 0 Å². The van der Waals surface area contributed by atoms with Crippen molar-refractivity contribution in [2.45, 2.75) is 31.7 Å². The van der Waals surface area contributed by atoms with E-state index in [1.807, 2.05) is 0 Å². The molecule has 1 aromatic rings. The molecule has 1 saturated carbocycles. The summed E-state index contributed by atoms with van der Waals surface area (Å²) < 4.78 is 0. The molecule has 1 aromatic carbocycles. The van der Waals surface area contributed by atoms with Gasteiger partial charge in [-0.2, -0.15) is 0 Å². The third-order valence-electron chi connectivity index (χ3n) is 4.33. The van der Waals surface area contributed by atoms with E-state index in [-0.39, 0.29) is 0 Å². The summed E-state index contributed by atoms with van der Waals surface area (Å²) in [7, 11) is 2.07. The molecule has 0 aromatic heterocycles. The van der Waals surface area contributed by atoms with Crippen LogP contribution in [0.4, 0.5) is 5.69 Å². The Balaban J connectivity index is 1.85. The van der Waals surface area contributed by atoms with Gasteiger partial charge in [0.25, 0.3) is 0 Å². The maximum atomic E-state index is 3.41. The van der Waals surface area contributed by atoms with Crippen LogP contribution in [0, 0.1) is 5.92 Å². The van der Waals surface area contributed by atoms with Gasteiger partial charge in [0.05, 0.1) is 0 Å². The normalized spacial score (nSPS) is 24.8. The average Bonchev–Trinajstić information content (AvgIpc) is 3.10. The molecule has 2 heteroatoms. The predicted molar refractivity (Wildman–Crippen MR) is 72.6 cm³/mol. The predicted octanol–water partition coefficient (Wildman–Crippen LogP) is 2.61. The van der Waals surface area contributed by atoms with E-state index in [2.05, 4.69) is 48.5 Å². The number of para-hydroxylation sites is 1. The van der Waals surface area contributed by atoms with Gasteiger partial charge in [0.15, 0.2) is 0 Å². The Bertz CT molecular complexity index is 398. The SMILES string of the molecule is CNC(C)C1CN(CC2CC2)c2ccccc21. The van der Waals surface area contributed by atoms with Crippen LogP contribution < -0.4 is 10.2 Å². The lowest BCUT2D eigenvalue weighted by Gasteiger charge is -2.22. The lowest BCUT2D eigenvalue weighted by atomic mass is 9.95. The average molecular weight is 230 g/mol. The van der Waals surface area contributed by atoms with E-state index in [0.717, 1.165) is 5.92 Å². The maximum Gasteiger partial charge on any atom is 0.0403 e. The first-order valence-corrected chi connectivity index (χ1v) is 6.80. The highest BCUT2D eigenvalue weighted by molar-refractivity contribution is 5.60. The summed E-state index contributed by atoms with van der Waals surface area (Å²) in [6.07, 6.45) is 2.87. The van der Waals surface area contributed by atoms with Gasteiger partial charge in [-0.25, -0.2) is 0 Å². The van der Waals surface area contributed by atoms with Crippen LogP contribution in [0.3, 0.4) is 0 Å². The summed E-state index contributed by atoms with van der Waals surface area (Å²) in [6, 6.07) is 9.50. The van der Waals surface area contributed by atoms with Gasteiger partial charge in [-0.15, -0.1) is 0 Å². The number of fused-ring (bicyclic) bond motifs is 1. The smallest absolute Gasteiger partial charge is 0.0403 e. The van der Waals surface area contributed by atoms with Crippen molar-refractivity contribution in [1.82, 2.24) is 5.32 Å². The van der Waals surface area contributed by atoms with Crippen molar-refractivity contribution in [2.24, 2.45) is 5.92 Å². The van der Waals surface area contributed by atoms with E-state index >= 15 is 0 Å². The Kier molecular flexibility index (Phi) is 2.83. The second-order valence-corrected chi connectivity index (χ2v) is 5.59. The second-order valence-electron chi connectivity index (χ2n) is 5.59. The fourth-order valence-corrected chi connectivity index (χ4v) is 2.94. The van der Waals surface area contributed by atoms with E-state index in [4.69, 9.17) is 0 Å². The number of hydrogen-bond donors (Lipinski definition) is 1. The van der Waals surface area contributed by atoms with Crippen LogP contribution in [0.2, 0.25) is 0 Å². The number of likely N-dealkylation sites (N-methyl/N-ethyl adjacent to an activating group) is 1. The minimum atomic E-state index is 0.556. The van der Waals surface area contributed by atoms with Crippen molar-refractivity contribution in [3.63, 3.8) is 0 Å². The van der Waals surface area contributed by atoms with Crippen molar-refractivity contribution in [3.05, 3.63) is 29.8 Å². The number of anilines is 1. The van der Waals surface area contributed by atoms with Gasteiger partial charge in [0, 0.05) is 30.7 Å². The fraction of sp³-hybridized carbons (Fsp3) is 0.600. The molecule has 0 radical (unpaired) electrons. The molecule has 0 bridgehead atoms. The molecule has 0 amide bonds. The molecule has 2 unspecified atom stereocenters. The summed E-state index contributed by atoms with van der Waals surface area (Å²) in [5.74, 6) is 1.61. The van der Waals surface area contributed by atoms with Gasteiger partial charge in [0.2, 0.25) is 0 Å². The molecule has 1 N–H and O–H groups in total. The van der Waals surface area contributed by atoms with E-state index in [1.165, 1.54) is 37.2 Å². The molecule has 2 atom stereocenters. The Labute approximate surface area is 104 Å². The maximum absolute atomic E-state index is 3.41. The summed E-state index contributed by atoms with van der Waals surface area (Å²) in [5, 5.41) is 3.41. The van der Waals surface area contributed by atoms with Crippen molar-refractivity contribution >= 4 is 5.69 Å². The standard InChI is InChI=1S/C15H22N2/c1-11(16-2)14-10-17(9-12-7-8-12)15-6-4-3-5-13(14)15/h3-6,11-12,14,16H,7-10H2,1-2H3. The fourth-order valence-electron chi connectivity index (χ4n) is 2.94. The van der Waals surface area contributed by atoms with Crippen molar-refractivity contribution < 1.29 is 0 Å². The molecule has 1 aliphatic carbocycles. The molecular weight excluding hydrogens is 208 g/mol. The minimum absolute atomic E-state index is 0.556.